The van der Waals surface area contributed by atoms with Crippen LogP contribution in [-0.2, 0) is 4.74 Å². The van der Waals surface area contributed by atoms with E-state index in [1.807, 2.05) is 30.4 Å². The third kappa shape index (κ3) is 1.66. The van der Waals surface area contributed by atoms with Gasteiger partial charge in [0, 0.05) is 22.2 Å². The van der Waals surface area contributed by atoms with Crippen molar-refractivity contribution in [3.05, 3.63) is 48.4 Å². The maximum absolute atomic E-state index is 4.93. The summed E-state index contributed by atoms with van der Waals surface area (Å²) in [6, 6.07) is 8.16. The Morgan fingerprint density at radius 1 is 1.33 bits per heavy atom. The minimum atomic E-state index is 1.02. The first-order chi connectivity index (χ1) is 7.36. The van der Waals surface area contributed by atoms with Gasteiger partial charge in [-0.2, -0.15) is 0 Å². The average Bonchev–Trinajstić information content (AvgIpc) is 2.64. The molecule has 76 valence electrons. The molecule has 0 radical (unpaired) electrons. The molecular formula is C13H13NO. The number of hydrogen-bond donors (Lipinski definition) is 1. The molecule has 1 aromatic heterocycles. The fourth-order valence-corrected chi connectivity index (χ4v) is 1.66. The summed E-state index contributed by atoms with van der Waals surface area (Å²) < 4.78 is 4.93. The third-order valence-electron chi connectivity index (χ3n) is 2.35. The quantitative estimate of drug-likeness (QED) is 0.753. The zero-order valence-electron chi connectivity index (χ0n) is 8.66. The molecule has 0 atom stereocenters. The number of rotatable bonds is 3. The molecule has 0 aliphatic rings. The minimum Gasteiger partial charge on any atom is -0.504 e. The van der Waals surface area contributed by atoms with Crippen LogP contribution in [0.1, 0.15) is 11.3 Å². The summed E-state index contributed by atoms with van der Waals surface area (Å²) in [6.07, 6.45) is 5.42. The number of hydrogen-bond acceptors (Lipinski definition) is 1. The Morgan fingerprint density at radius 2 is 2.13 bits per heavy atom. The molecular weight excluding hydrogens is 186 g/mol. The second kappa shape index (κ2) is 4.05. The molecule has 0 saturated heterocycles. The number of methoxy groups -OCH3 is 1. The van der Waals surface area contributed by atoms with Crippen molar-refractivity contribution >= 4 is 23.1 Å². The summed E-state index contributed by atoms with van der Waals surface area (Å²) in [5.41, 5.74) is 3.25. The van der Waals surface area contributed by atoms with Crippen LogP contribution >= 0.6 is 0 Å². The lowest BCUT2D eigenvalue weighted by Gasteiger charge is -1.93. The lowest BCUT2D eigenvalue weighted by molar-refractivity contribution is 0.341. The van der Waals surface area contributed by atoms with E-state index in [2.05, 4.69) is 17.6 Å². The molecule has 0 saturated carbocycles. The smallest absolute Gasteiger partial charge is 0.0831 e. The first-order valence-electron chi connectivity index (χ1n) is 4.79. The van der Waals surface area contributed by atoms with Crippen molar-refractivity contribution < 1.29 is 4.74 Å². The van der Waals surface area contributed by atoms with E-state index in [0.29, 0.717) is 0 Å². The highest BCUT2D eigenvalue weighted by Crippen LogP contribution is 2.24. The molecule has 2 rings (SSSR count). The van der Waals surface area contributed by atoms with Crippen molar-refractivity contribution in [2.75, 3.05) is 7.11 Å². The molecule has 0 aliphatic heterocycles. The molecule has 0 bridgehead atoms. The van der Waals surface area contributed by atoms with Gasteiger partial charge in [-0.05, 0) is 18.2 Å². The monoisotopic (exact) mass is 199 g/mol. The molecule has 2 heteroatoms. The number of fused-ring (bicyclic) bond motifs is 1. The van der Waals surface area contributed by atoms with Crippen molar-refractivity contribution in [3.8, 4) is 0 Å². The number of aromatic nitrogens is 1. The van der Waals surface area contributed by atoms with Gasteiger partial charge in [0.2, 0.25) is 0 Å². The summed E-state index contributed by atoms with van der Waals surface area (Å²) in [6.45, 7) is 3.79. The maximum atomic E-state index is 4.93. The molecule has 0 fully saturated rings. The molecule has 1 heterocycles. The van der Waals surface area contributed by atoms with Crippen molar-refractivity contribution in [2.24, 2.45) is 0 Å². The highest BCUT2D eigenvalue weighted by atomic mass is 16.5. The van der Waals surface area contributed by atoms with Gasteiger partial charge < -0.3 is 9.72 Å². The summed E-state index contributed by atoms with van der Waals surface area (Å²) in [5, 5.41) is 1.18. The van der Waals surface area contributed by atoms with Gasteiger partial charge in [-0.1, -0.05) is 24.8 Å². The Morgan fingerprint density at radius 3 is 2.87 bits per heavy atom. The van der Waals surface area contributed by atoms with Crippen LogP contribution in [0.5, 0.6) is 0 Å². The van der Waals surface area contributed by atoms with Crippen molar-refractivity contribution in [1.82, 2.24) is 4.98 Å². The van der Waals surface area contributed by atoms with Crippen LogP contribution in [-0.4, -0.2) is 12.1 Å². The Balaban J connectivity index is 2.66. The number of nitrogens with one attached hydrogen (secondary N) is 1. The van der Waals surface area contributed by atoms with Crippen LogP contribution in [0.25, 0.3) is 23.1 Å². The zero-order valence-corrected chi connectivity index (χ0v) is 8.66. The van der Waals surface area contributed by atoms with E-state index in [1.54, 1.807) is 13.4 Å². The van der Waals surface area contributed by atoms with E-state index in [1.165, 1.54) is 5.39 Å². The molecule has 15 heavy (non-hydrogen) atoms. The molecule has 1 N–H and O–H groups in total. The summed E-state index contributed by atoms with van der Waals surface area (Å²) in [4.78, 5) is 3.30. The zero-order chi connectivity index (χ0) is 10.7. The van der Waals surface area contributed by atoms with E-state index >= 15 is 0 Å². The van der Waals surface area contributed by atoms with E-state index in [0.717, 1.165) is 16.8 Å². The van der Waals surface area contributed by atoms with E-state index in [9.17, 15) is 0 Å². The summed E-state index contributed by atoms with van der Waals surface area (Å²) in [7, 11) is 1.64. The van der Waals surface area contributed by atoms with Gasteiger partial charge in [-0.15, -0.1) is 0 Å². The van der Waals surface area contributed by atoms with Crippen LogP contribution in [0.2, 0.25) is 0 Å². The highest BCUT2D eigenvalue weighted by Gasteiger charge is 2.05. The van der Waals surface area contributed by atoms with Crippen LogP contribution < -0.4 is 0 Å². The Kier molecular flexibility index (Phi) is 2.59. The predicted molar refractivity (Wildman–Crippen MR) is 64.4 cm³/mol. The Bertz CT molecular complexity index is 508. The lowest BCUT2D eigenvalue weighted by Crippen LogP contribution is -1.75. The van der Waals surface area contributed by atoms with Crippen LogP contribution in [0.3, 0.4) is 0 Å². The molecule has 0 unspecified atom stereocenters. The second-order valence-electron chi connectivity index (χ2n) is 3.24. The molecule has 0 spiro atoms. The maximum Gasteiger partial charge on any atom is 0.0831 e. The molecule has 2 nitrogen and oxygen atoms in total. The Labute approximate surface area is 88.9 Å². The average molecular weight is 199 g/mol. The van der Waals surface area contributed by atoms with Gasteiger partial charge in [0.1, 0.15) is 0 Å². The number of H-pyrrole nitrogens is 1. The lowest BCUT2D eigenvalue weighted by atomic mass is 10.1. The van der Waals surface area contributed by atoms with Gasteiger partial charge in [-0.25, -0.2) is 0 Å². The minimum absolute atomic E-state index is 1.02. The van der Waals surface area contributed by atoms with Gasteiger partial charge in [0.25, 0.3) is 0 Å². The third-order valence-corrected chi connectivity index (χ3v) is 2.35. The van der Waals surface area contributed by atoms with E-state index < -0.39 is 0 Å². The van der Waals surface area contributed by atoms with Gasteiger partial charge in [-0.3, -0.25) is 0 Å². The summed E-state index contributed by atoms with van der Waals surface area (Å²) >= 11 is 0. The molecule has 2 aromatic rings. The van der Waals surface area contributed by atoms with Crippen LogP contribution in [0.4, 0.5) is 0 Å². The number of aromatic amines is 1. The van der Waals surface area contributed by atoms with Crippen molar-refractivity contribution in [3.63, 3.8) is 0 Å². The first kappa shape index (κ1) is 9.59. The van der Waals surface area contributed by atoms with E-state index in [4.69, 9.17) is 4.74 Å². The fraction of sp³-hybridized carbons (Fsp3) is 0.0769. The van der Waals surface area contributed by atoms with Gasteiger partial charge in [0.15, 0.2) is 0 Å². The van der Waals surface area contributed by atoms with E-state index in [-0.39, 0.29) is 0 Å². The highest BCUT2D eigenvalue weighted by molar-refractivity contribution is 5.92. The molecule has 1 aromatic carbocycles. The van der Waals surface area contributed by atoms with Crippen LogP contribution in [0, 0.1) is 0 Å². The number of ether oxygens (including phenoxy) is 1. The van der Waals surface area contributed by atoms with Gasteiger partial charge in [0.05, 0.1) is 13.4 Å². The normalized spacial score (nSPS) is 11.0. The standard InChI is InChI=1S/C13H13NO/c1-3-12-11(8-9-15-2)10-6-4-5-7-13(10)14-12/h3-9,14H,1H2,2H3/b9-8+. The number of para-hydroxylation sites is 1. The SMILES string of the molecule is C=Cc1[nH]c2ccccc2c1/C=C/OC. The predicted octanol–water partition coefficient (Wildman–Crippen LogP) is 3.43. The topological polar surface area (TPSA) is 25.0 Å². The molecule has 0 aliphatic carbocycles. The van der Waals surface area contributed by atoms with Crippen molar-refractivity contribution in [1.29, 1.82) is 0 Å². The summed E-state index contributed by atoms with van der Waals surface area (Å²) in [5.74, 6) is 0. The number of benzene rings is 1. The van der Waals surface area contributed by atoms with Gasteiger partial charge >= 0.3 is 0 Å². The molecule has 0 amide bonds. The largest absolute Gasteiger partial charge is 0.504 e. The first-order valence-corrected chi connectivity index (χ1v) is 4.79. The second-order valence-corrected chi connectivity index (χ2v) is 3.24. The fourth-order valence-electron chi connectivity index (χ4n) is 1.66. The van der Waals surface area contributed by atoms with Crippen molar-refractivity contribution in [2.45, 2.75) is 0 Å². The van der Waals surface area contributed by atoms with Crippen LogP contribution in [0.15, 0.2) is 37.1 Å². The Hall–Kier alpha value is -1.96.